The Bertz CT molecular complexity index is 1350. The highest BCUT2D eigenvalue weighted by atomic mass is 16.6. The summed E-state index contributed by atoms with van der Waals surface area (Å²) in [6.45, 7) is 10.4. The number of rotatable bonds is 23. The van der Waals surface area contributed by atoms with E-state index in [9.17, 15) is 28.8 Å². The van der Waals surface area contributed by atoms with Crippen LogP contribution in [0.3, 0.4) is 0 Å². The molecule has 7 atom stereocenters. The molecule has 3 aliphatic rings. The molecule has 3 fully saturated rings. The van der Waals surface area contributed by atoms with Crippen LogP contribution in [0.4, 0.5) is 9.59 Å². The van der Waals surface area contributed by atoms with E-state index in [2.05, 4.69) is 58.7 Å². The van der Waals surface area contributed by atoms with Crippen molar-refractivity contribution in [2.45, 2.75) is 115 Å². The Labute approximate surface area is 323 Å². The summed E-state index contributed by atoms with van der Waals surface area (Å²) in [6, 6.07) is -0.471. The molecular weight excluding hydrogens is 718 g/mol. The van der Waals surface area contributed by atoms with Gasteiger partial charge in [-0.15, -0.1) is 0 Å². The van der Waals surface area contributed by atoms with Crippen molar-refractivity contribution in [2.75, 3.05) is 59.6 Å². The van der Waals surface area contributed by atoms with E-state index < -0.39 is 53.8 Å². The van der Waals surface area contributed by atoms with E-state index >= 15 is 0 Å². The van der Waals surface area contributed by atoms with E-state index in [-0.39, 0.29) is 62.2 Å². The Kier molecular flexibility index (Phi) is 18.1. The van der Waals surface area contributed by atoms with Crippen LogP contribution in [0.2, 0.25) is 0 Å². The molecule has 0 aromatic carbocycles. The molecule has 55 heavy (non-hydrogen) atoms. The number of allylic oxidation sites excluding steroid dienone is 1. The molecule has 0 bridgehead atoms. The smallest absolute Gasteiger partial charge is 0.407 e. The molecule has 1 aliphatic carbocycles. The Morgan fingerprint density at radius 2 is 1.44 bits per heavy atom. The normalized spacial score (nSPS) is 25.5. The molecule has 4 unspecified atom stereocenters. The molecule has 18 nitrogen and oxygen atoms in total. The Morgan fingerprint density at radius 3 is 1.98 bits per heavy atom. The Hall–Kier alpha value is -4.00. The predicted octanol–water partition coefficient (Wildman–Crippen LogP) is 0.524. The number of carbonyl (C=O) groups is 6. The van der Waals surface area contributed by atoms with Gasteiger partial charge in [0.2, 0.25) is 23.6 Å². The summed E-state index contributed by atoms with van der Waals surface area (Å²) in [5, 5.41) is 15.3. The number of epoxide rings is 2. The van der Waals surface area contributed by atoms with Crippen molar-refractivity contribution >= 4 is 35.8 Å². The van der Waals surface area contributed by atoms with Crippen LogP contribution < -0.4 is 37.6 Å². The minimum absolute atomic E-state index is 0.0296. The van der Waals surface area contributed by atoms with Crippen molar-refractivity contribution in [3.63, 3.8) is 0 Å². The number of nitrogens with two attached hydrogens (primary N) is 1. The maximum atomic E-state index is 13.1. The third-order valence-corrected chi connectivity index (χ3v) is 10.2. The fourth-order valence-electron chi connectivity index (χ4n) is 6.83. The van der Waals surface area contributed by atoms with Gasteiger partial charge in [0.1, 0.15) is 30.0 Å². The number of carbonyl (C=O) groups excluding carboxylic acids is 6. The second-order valence-electron chi connectivity index (χ2n) is 15.1. The Morgan fingerprint density at radius 1 is 0.855 bits per heavy atom. The molecular formula is C37H63N7O11. The predicted molar refractivity (Wildman–Crippen MR) is 200 cm³/mol. The van der Waals surface area contributed by atoms with Crippen molar-refractivity contribution in [2.24, 2.45) is 17.6 Å². The third kappa shape index (κ3) is 14.9. The van der Waals surface area contributed by atoms with Crippen LogP contribution in [0.1, 0.15) is 79.6 Å². The second-order valence-corrected chi connectivity index (χ2v) is 15.1. The first kappa shape index (κ1) is 45.4. The average Bonchev–Trinajstić information content (AvgIpc) is 4.07. The van der Waals surface area contributed by atoms with Gasteiger partial charge in [0.05, 0.1) is 50.8 Å². The second kappa shape index (κ2) is 21.9. The van der Waals surface area contributed by atoms with Crippen LogP contribution in [-0.4, -0.2) is 131 Å². The SMILES string of the molecule is COC1C(OC(=O)N[C@@H](COC(=O)NCCCCCCNC(=O)CNC(=O)CNC(=O)CNC(=O)CN)C(C)C)CC[C@]2(CO2)C1C1(C)O[C@@H]1CC=C(C)C. The molecule has 2 aliphatic heterocycles. The molecule has 0 radical (unpaired) electrons. The lowest BCUT2D eigenvalue weighted by Gasteiger charge is -2.42. The van der Waals surface area contributed by atoms with E-state index in [1.54, 1.807) is 7.11 Å². The van der Waals surface area contributed by atoms with Crippen LogP contribution in [0.5, 0.6) is 0 Å². The number of unbranched alkanes of at least 4 members (excludes halogenated alkanes) is 3. The molecule has 2 heterocycles. The van der Waals surface area contributed by atoms with Gasteiger partial charge >= 0.3 is 12.2 Å². The number of hydrogen-bond acceptors (Lipinski definition) is 12. The van der Waals surface area contributed by atoms with E-state index in [1.807, 2.05) is 13.8 Å². The third-order valence-electron chi connectivity index (χ3n) is 10.2. The summed E-state index contributed by atoms with van der Waals surface area (Å²) in [6.07, 6.45) is 5.30. The fourth-order valence-corrected chi connectivity index (χ4v) is 6.83. The number of ether oxygens (including phenoxy) is 5. The van der Waals surface area contributed by atoms with Gasteiger partial charge in [-0.25, -0.2) is 9.59 Å². The number of hydrogen-bond donors (Lipinski definition) is 7. The molecule has 0 aromatic rings. The molecule has 3 rings (SSSR count). The van der Waals surface area contributed by atoms with Crippen molar-refractivity contribution in [1.29, 1.82) is 0 Å². The zero-order valence-electron chi connectivity index (χ0n) is 33.2. The lowest BCUT2D eigenvalue weighted by atomic mass is 9.68. The van der Waals surface area contributed by atoms with E-state index in [0.717, 1.165) is 25.7 Å². The zero-order chi connectivity index (χ0) is 40.6. The maximum absolute atomic E-state index is 13.1. The summed E-state index contributed by atoms with van der Waals surface area (Å²) in [5.41, 5.74) is 5.59. The number of nitrogens with one attached hydrogen (secondary N) is 6. The van der Waals surface area contributed by atoms with Crippen LogP contribution in [-0.2, 0) is 42.9 Å². The molecule has 1 saturated carbocycles. The molecule has 312 valence electrons. The topological polar surface area (TPSA) is 253 Å². The van der Waals surface area contributed by atoms with Gasteiger partial charge < -0.3 is 61.3 Å². The van der Waals surface area contributed by atoms with Gasteiger partial charge in [-0.3, -0.25) is 19.2 Å². The minimum atomic E-state index is -0.598. The van der Waals surface area contributed by atoms with Crippen LogP contribution in [0, 0.1) is 11.8 Å². The van der Waals surface area contributed by atoms with E-state index in [1.165, 1.54) is 5.57 Å². The van der Waals surface area contributed by atoms with E-state index in [4.69, 9.17) is 29.4 Å². The van der Waals surface area contributed by atoms with Crippen LogP contribution >= 0.6 is 0 Å². The fraction of sp³-hybridized carbons (Fsp3) is 0.784. The lowest BCUT2D eigenvalue weighted by molar-refractivity contribution is -0.128. The lowest BCUT2D eigenvalue weighted by Crippen LogP contribution is -2.56. The van der Waals surface area contributed by atoms with E-state index in [0.29, 0.717) is 39.0 Å². The average molecular weight is 782 g/mol. The molecule has 1 spiro atoms. The highest BCUT2D eigenvalue weighted by molar-refractivity contribution is 5.90. The monoisotopic (exact) mass is 781 g/mol. The molecule has 6 amide bonds. The summed E-state index contributed by atoms with van der Waals surface area (Å²) < 4.78 is 29.6. The van der Waals surface area contributed by atoms with Gasteiger partial charge in [-0.1, -0.05) is 38.3 Å². The van der Waals surface area contributed by atoms with Gasteiger partial charge in [-0.2, -0.15) is 0 Å². The quantitative estimate of drug-likeness (QED) is 0.0426. The summed E-state index contributed by atoms with van der Waals surface area (Å²) in [7, 11) is 1.63. The summed E-state index contributed by atoms with van der Waals surface area (Å²) >= 11 is 0. The Balaban J connectivity index is 1.26. The van der Waals surface area contributed by atoms with Gasteiger partial charge in [0.25, 0.3) is 0 Å². The first-order valence-electron chi connectivity index (χ1n) is 19.3. The van der Waals surface area contributed by atoms with Crippen molar-refractivity contribution in [3.05, 3.63) is 11.6 Å². The van der Waals surface area contributed by atoms with Crippen molar-refractivity contribution in [3.8, 4) is 0 Å². The van der Waals surface area contributed by atoms with Gasteiger partial charge in [0, 0.05) is 20.2 Å². The first-order chi connectivity index (χ1) is 26.1. The number of amides is 6. The zero-order valence-corrected chi connectivity index (χ0v) is 33.2. The van der Waals surface area contributed by atoms with Crippen LogP contribution in [0.15, 0.2) is 11.6 Å². The molecule has 0 aromatic heterocycles. The standard InChI is InChI=1S/C37H63N7O11/c1-23(2)11-12-27-36(5,55-27)33-32(51-6)26(13-14-37(33)22-53-37)54-35(50)44-25(24(3)4)21-52-34(49)40-16-10-8-7-9-15-39-29(46)18-42-31(48)20-43-30(47)19-41-28(45)17-38/h11,24-27,32-33H,7-10,12-22,38H2,1-6H3,(H,39,46)(H,40,49)(H,41,45)(H,42,48)(H,43,47)(H,44,50)/t25-,26?,27+,32?,33?,36?,37-/m0/s1. The maximum Gasteiger partial charge on any atom is 0.407 e. The van der Waals surface area contributed by atoms with Crippen molar-refractivity contribution < 1.29 is 52.5 Å². The first-order valence-corrected chi connectivity index (χ1v) is 19.3. The van der Waals surface area contributed by atoms with Crippen molar-refractivity contribution in [1.82, 2.24) is 31.9 Å². The molecule has 8 N–H and O–H groups in total. The van der Waals surface area contributed by atoms with Gasteiger partial charge in [-0.05, 0) is 58.8 Å². The van der Waals surface area contributed by atoms with Gasteiger partial charge in [0.15, 0.2) is 0 Å². The molecule has 2 saturated heterocycles. The number of alkyl carbamates (subject to hydrolysis) is 2. The highest BCUT2D eigenvalue weighted by Gasteiger charge is 2.72. The summed E-state index contributed by atoms with van der Waals surface area (Å²) in [4.78, 5) is 71.9. The van der Waals surface area contributed by atoms with Crippen LogP contribution in [0.25, 0.3) is 0 Å². The highest BCUT2D eigenvalue weighted by Crippen LogP contribution is 2.59. The number of methoxy groups -OCH3 is 1. The minimum Gasteiger partial charge on any atom is -0.447 e. The molecule has 18 heteroatoms. The summed E-state index contributed by atoms with van der Waals surface area (Å²) in [5.74, 6) is -2.10. The largest absolute Gasteiger partial charge is 0.447 e.